The van der Waals surface area contributed by atoms with Crippen LogP contribution in [0.4, 0.5) is 4.79 Å². The molecule has 1 aromatic carbocycles. The number of nitrogens with one attached hydrogen (secondary N) is 1. The first-order valence-corrected chi connectivity index (χ1v) is 7.16. The van der Waals surface area contributed by atoms with Crippen LogP contribution in [0.3, 0.4) is 0 Å². The largest absolute Gasteiger partial charge is 0.480 e. The van der Waals surface area contributed by atoms with Crippen molar-refractivity contribution in [3.8, 4) is 5.75 Å². The highest BCUT2D eigenvalue weighted by Crippen LogP contribution is 2.27. The standard InChI is InChI=1S/C13H13BrClNO6/c1-7(12(18)16-13(19)20-2)22-11(17)6-21-10-4-3-8(14)5-9(10)15/h3-5,7H,6H2,1-2H3,(H,16,18,19)/t7-/m0/s1. The molecule has 0 aliphatic heterocycles. The van der Waals surface area contributed by atoms with Crippen LogP contribution in [0.25, 0.3) is 0 Å². The molecule has 120 valence electrons. The lowest BCUT2D eigenvalue weighted by Gasteiger charge is -2.13. The summed E-state index contributed by atoms with van der Waals surface area (Å²) in [6.07, 6.45) is -2.11. The van der Waals surface area contributed by atoms with E-state index in [1.54, 1.807) is 18.2 Å². The van der Waals surface area contributed by atoms with Crippen molar-refractivity contribution in [1.82, 2.24) is 5.32 Å². The third-order valence-corrected chi connectivity index (χ3v) is 3.12. The predicted molar refractivity (Wildman–Crippen MR) is 80.7 cm³/mol. The second-order valence-electron chi connectivity index (χ2n) is 3.98. The summed E-state index contributed by atoms with van der Waals surface area (Å²) in [5.74, 6) is -1.29. The summed E-state index contributed by atoms with van der Waals surface area (Å²) in [6, 6.07) is 4.88. The number of rotatable bonds is 5. The molecule has 0 radical (unpaired) electrons. The minimum atomic E-state index is -1.17. The number of carbonyl (C=O) groups is 3. The van der Waals surface area contributed by atoms with Crippen molar-refractivity contribution >= 4 is 45.5 Å². The minimum absolute atomic E-state index is 0.300. The Morgan fingerprint density at radius 2 is 2.05 bits per heavy atom. The molecule has 0 aliphatic rings. The molecule has 22 heavy (non-hydrogen) atoms. The molecule has 0 bridgehead atoms. The van der Waals surface area contributed by atoms with E-state index in [0.29, 0.717) is 10.8 Å². The summed E-state index contributed by atoms with van der Waals surface area (Å²) in [5.41, 5.74) is 0. The van der Waals surface area contributed by atoms with Crippen molar-refractivity contribution in [2.24, 2.45) is 0 Å². The number of amides is 2. The summed E-state index contributed by atoms with van der Waals surface area (Å²) in [6.45, 7) is 0.875. The lowest BCUT2D eigenvalue weighted by atomic mass is 10.3. The number of imide groups is 1. The van der Waals surface area contributed by atoms with Gasteiger partial charge in [-0.25, -0.2) is 9.59 Å². The molecule has 9 heteroatoms. The van der Waals surface area contributed by atoms with Crippen LogP contribution in [0.5, 0.6) is 5.75 Å². The highest BCUT2D eigenvalue weighted by Gasteiger charge is 2.20. The van der Waals surface area contributed by atoms with Gasteiger partial charge in [0.15, 0.2) is 12.7 Å². The van der Waals surface area contributed by atoms with Gasteiger partial charge in [0.1, 0.15) is 5.75 Å². The first-order valence-electron chi connectivity index (χ1n) is 5.99. The van der Waals surface area contributed by atoms with Gasteiger partial charge in [-0.2, -0.15) is 0 Å². The Balaban J connectivity index is 2.45. The van der Waals surface area contributed by atoms with Gasteiger partial charge in [0, 0.05) is 4.47 Å². The van der Waals surface area contributed by atoms with Crippen LogP contribution in [0.15, 0.2) is 22.7 Å². The molecule has 0 unspecified atom stereocenters. The van der Waals surface area contributed by atoms with E-state index in [2.05, 4.69) is 20.7 Å². The van der Waals surface area contributed by atoms with Crippen LogP contribution < -0.4 is 10.1 Å². The minimum Gasteiger partial charge on any atom is -0.480 e. The zero-order chi connectivity index (χ0) is 16.7. The maximum absolute atomic E-state index is 11.6. The SMILES string of the molecule is COC(=O)NC(=O)[C@H](C)OC(=O)COc1ccc(Br)cc1Cl. The van der Waals surface area contributed by atoms with Gasteiger partial charge >= 0.3 is 12.1 Å². The Morgan fingerprint density at radius 1 is 1.36 bits per heavy atom. The van der Waals surface area contributed by atoms with E-state index in [0.717, 1.165) is 11.6 Å². The Bertz CT molecular complexity index is 580. The zero-order valence-corrected chi connectivity index (χ0v) is 14.1. The van der Waals surface area contributed by atoms with Gasteiger partial charge in [-0.05, 0) is 25.1 Å². The van der Waals surface area contributed by atoms with E-state index < -0.39 is 30.7 Å². The molecule has 0 saturated carbocycles. The van der Waals surface area contributed by atoms with Crippen molar-refractivity contribution in [2.45, 2.75) is 13.0 Å². The third-order valence-electron chi connectivity index (χ3n) is 2.33. The van der Waals surface area contributed by atoms with Crippen LogP contribution in [0.2, 0.25) is 5.02 Å². The van der Waals surface area contributed by atoms with Crippen molar-refractivity contribution in [1.29, 1.82) is 0 Å². The van der Waals surface area contributed by atoms with Gasteiger partial charge in [0.05, 0.1) is 12.1 Å². The molecule has 0 heterocycles. The van der Waals surface area contributed by atoms with Crippen molar-refractivity contribution < 1.29 is 28.6 Å². The normalized spacial score (nSPS) is 11.3. The maximum atomic E-state index is 11.6. The fourth-order valence-electron chi connectivity index (χ4n) is 1.27. The average molecular weight is 395 g/mol. The van der Waals surface area contributed by atoms with Crippen LogP contribution in [-0.4, -0.2) is 37.8 Å². The second kappa shape index (κ2) is 8.60. The number of methoxy groups -OCH3 is 1. The quantitative estimate of drug-likeness (QED) is 0.771. The lowest BCUT2D eigenvalue weighted by Crippen LogP contribution is -2.40. The van der Waals surface area contributed by atoms with E-state index in [9.17, 15) is 14.4 Å². The summed E-state index contributed by atoms with van der Waals surface area (Å²) >= 11 is 9.16. The molecule has 7 nitrogen and oxygen atoms in total. The predicted octanol–water partition coefficient (Wildman–Crippen LogP) is 2.30. The van der Waals surface area contributed by atoms with E-state index in [4.69, 9.17) is 21.1 Å². The Hall–Kier alpha value is -1.80. The van der Waals surface area contributed by atoms with E-state index in [1.807, 2.05) is 5.32 Å². The van der Waals surface area contributed by atoms with Crippen LogP contribution >= 0.6 is 27.5 Å². The monoisotopic (exact) mass is 393 g/mol. The maximum Gasteiger partial charge on any atom is 0.413 e. The molecular formula is C13H13BrClNO6. The van der Waals surface area contributed by atoms with Gasteiger partial charge in [-0.15, -0.1) is 0 Å². The van der Waals surface area contributed by atoms with Crippen LogP contribution in [0.1, 0.15) is 6.92 Å². The zero-order valence-electron chi connectivity index (χ0n) is 11.7. The Labute approximate surface area is 140 Å². The molecule has 1 atom stereocenters. The molecule has 2 amide bonds. The number of ether oxygens (including phenoxy) is 3. The van der Waals surface area contributed by atoms with Crippen molar-refractivity contribution in [2.75, 3.05) is 13.7 Å². The molecule has 1 N–H and O–H groups in total. The molecule has 0 spiro atoms. The number of alkyl carbamates (subject to hydrolysis) is 1. The van der Waals surface area contributed by atoms with Crippen molar-refractivity contribution in [3.63, 3.8) is 0 Å². The first kappa shape index (κ1) is 18.2. The topological polar surface area (TPSA) is 90.9 Å². The number of benzene rings is 1. The van der Waals surface area contributed by atoms with Gasteiger partial charge in [0.25, 0.3) is 5.91 Å². The summed E-state index contributed by atoms with van der Waals surface area (Å²) < 4.78 is 15.0. The van der Waals surface area contributed by atoms with Crippen molar-refractivity contribution in [3.05, 3.63) is 27.7 Å². The second-order valence-corrected chi connectivity index (χ2v) is 5.30. The van der Waals surface area contributed by atoms with Gasteiger partial charge < -0.3 is 14.2 Å². The Morgan fingerprint density at radius 3 is 2.64 bits per heavy atom. The number of hydrogen-bond acceptors (Lipinski definition) is 6. The van der Waals surface area contributed by atoms with Gasteiger partial charge in [-0.3, -0.25) is 10.1 Å². The molecule has 1 rings (SSSR count). The summed E-state index contributed by atoms with van der Waals surface area (Å²) in [7, 11) is 1.11. The lowest BCUT2D eigenvalue weighted by molar-refractivity contribution is -0.156. The molecule has 0 aliphatic carbocycles. The smallest absolute Gasteiger partial charge is 0.413 e. The molecular weight excluding hydrogens is 382 g/mol. The summed E-state index contributed by atoms with van der Waals surface area (Å²) in [5, 5.41) is 2.20. The van der Waals surface area contributed by atoms with E-state index in [-0.39, 0.29) is 0 Å². The first-order chi connectivity index (χ1) is 10.3. The molecule has 0 aromatic heterocycles. The summed E-state index contributed by atoms with van der Waals surface area (Å²) in [4.78, 5) is 33.9. The van der Waals surface area contributed by atoms with Crippen LogP contribution in [-0.2, 0) is 19.1 Å². The molecule has 0 fully saturated rings. The fraction of sp³-hybridized carbons (Fsp3) is 0.308. The number of halogens is 2. The van der Waals surface area contributed by atoms with Crippen LogP contribution in [0, 0.1) is 0 Å². The number of hydrogen-bond donors (Lipinski definition) is 1. The third kappa shape index (κ3) is 5.90. The van der Waals surface area contributed by atoms with E-state index in [1.165, 1.54) is 6.92 Å². The number of carbonyl (C=O) groups excluding carboxylic acids is 3. The van der Waals surface area contributed by atoms with Gasteiger partial charge in [0.2, 0.25) is 0 Å². The number of esters is 1. The average Bonchev–Trinajstić information content (AvgIpc) is 2.45. The molecule has 1 aromatic rings. The Kier molecular flexibility index (Phi) is 7.13. The van der Waals surface area contributed by atoms with E-state index >= 15 is 0 Å². The van der Waals surface area contributed by atoms with Gasteiger partial charge in [-0.1, -0.05) is 27.5 Å². The fourth-order valence-corrected chi connectivity index (χ4v) is 1.99. The highest BCUT2D eigenvalue weighted by molar-refractivity contribution is 9.10. The highest BCUT2D eigenvalue weighted by atomic mass is 79.9. The molecule has 0 saturated heterocycles.